The summed E-state index contributed by atoms with van der Waals surface area (Å²) < 4.78 is 44.2. The van der Waals surface area contributed by atoms with E-state index in [-0.39, 0.29) is 45.6 Å². The van der Waals surface area contributed by atoms with Gasteiger partial charge in [0.05, 0.1) is 23.4 Å². The van der Waals surface area contributed by atoms with Crippen molar-refractivity contribution in [2.24, 2.45) is 4.99 Å². The summed E-state index contributed by atoms with van der Waals surface area (Å²) in [6.45, 7) is 4.50. The summed E-state index contributed by atoms with van der Waals surface area (Å²) in [5.41, 5.74) is 0.368. The number of amidine groups is 1. The van der Waals surface area contributed by atoms with E-state index >= 15 is 0 Å². The molecule has 29 heavy (non-hydrogen) atoms. The summed E-state index contributed by atoms with van der Waals surface area (Å²) in [6, 6.07) is 4.78. The Kier molecular flexibility index (Phi) is 6.92. The zero-order valence-electron chi connectivity index (χ0n) is 16.2. The molecule has 0 aliphatic carbocycles. The number of aliphatic imine (C=N–C) groups is 1. The van der Waals surface area contributed by atoms with Gasteiger partial charge in [0.2, 0.25) is 0 Å². The molecule has 0 saturated carbocycles. The number of phenolic OH excluding ortho intramolecular Hbond substituents is 1. The van der Waals surface area contributed by atoms with Crippen molar-refractivity contribution >= 4 is 29.0 Å². The molecule has 0 fully saturated rings. The number of benzene rings is 2. The van der Waals surface area contributed by atoms with Crippen LogP contribution in [0.5, 0.6) is 5.75 Å². The van der Waals surface area contributed by atoms with E-state index in [1.54, 1.807) is 6.92 Å². The predicted molar refractivity (Wildman–Crippen MR) is 105 cm³/mol. The number of hydrogen-bond donors (Lipinski definition) is 2. The maximum absolute atomic E-state index is 13.1. The second-order valence-corrected chi connectivity index (χ2v) is 6.94. The molecule has 0 aliphatic rings. The normalized spacial score (nSPS) is 12.2. The number of ether oxygens (including phenoxy) is 1. The molecule has 156 valence electrons. The van der Waals surface area contributed by atoms with Crippen LogP contribution in [0, 0.1) is 13.8 Å². The number of carbonyl (C=O) groups excluding carboxylic acids is 1. The molecule has 0 atom stereocenters. The lowest BCUT2D eigenvalue weighted by Crippen LogP contribution is -2.28. The van der Waals surface area contributed by atoms with Crippen molar-refractivity contribution in [3.63, 3.8) is 0 Å². The highest BCUT2D eigenvalue weighted by molar-refractivity contribution is 6.31. The van der Waals surface area contributed by atoms with Crippen LogP contribution in [0.1, 0.15) is 39.5 Å². The predicted octanol–water partition coefficient (Wildman–Crippen LogP) is 5.31. The van der Waals surface area contributed by atoms with Crippen molar-refractivity contribution in [2.75, 3.05) is 7.11 Å². The van der Waals surface area contributed by atoms with Crippen LogP contribution in [0.15, 0.2) is 29.3 Å². The Bertz CT molecular complexity index is 972. The number of phenols is 1. The van der Waals surface area contributed by atoms with Crippen molar-refractivity contribution in [1.82, 2.24) is 5.32 Å². The Morgan fingerprint density at radius 2 is 1.86 bits per heavy atom. The van der Waals surface area contributed by atoms with Crippen LogP contribution < -0.4 is 5.32 Å². The van der Waals surface area contributed by atoms with E-state index in [1.807, 2.05) is 0 Å². The number of hydrogen-bond acceptors (Lipinski definition) is 4. The third-order valence-corrected chi connectivity index (χ3v) is 4.31. The Balaban J connectivity index is 2.40. The molecule has 0 aliphatic heterocycles. The van der Waals surface area contributed by atoms with Gasteiger partial charge in [0.15, 0.2) is 0 Å². The van der Waals surface area contributed by atoms with Crippen LogP contribution >= 0.6 is 11.6 Å². The van der Waals surface area contributed by atoms with Gasteiger partial charge in [-0.2, -0.15) is 13.2 Å². The number of carbonyl (C=O) groups is 1. The molecular formula is C20H20ClF3N2O3. The first kappa shape index (κ1) is 22.7. The Hall–Kier alpha value is -2.58. The fourth-order valence-electron chi connectivity index (χ4n) is 2.78. The zero-order chi connectivity index (χ0) is 21.9. The fourth-order valence-corrected chi connectivity index (χ4v) is 3.05. The number of aromatic hydroxyl groups is 1. The Labute approximate surface area is 171 Å². The van der Waals surface area contributed by atoms with Crippen molar-refractivity contribution in [3.8, 4) is 5.75 Å². The molecule has 2 N–H and O–H groups in total. The van der Waals surface area contributed by atoms with Gasteiger partial charge in [-0.15, -0.1) is 0 Å². The lowest BCUT2D eigenvalue weighted by Gasteiger charge is -2.15. The third-order valence-electron chi connectivity index (χ3n) is 4.09. The smallest absolute Gasteiger partial charge is 0.416 e. The first-order chi connectivity index (χ1) is 13.4. The largest absolute Gasteiger partial charge is 0.507 e. The quantitative estimate of drug-likeness (QED) is 0.512. The maximum atomic E-state index is 13.1. The lowest BCUT2D eigenvalue weighted by molar-refractivity contribution is -0.137. The van der Waals surface area contributed by atoms with Gasteiger partial charge in [-0.1, -0.05) is 11.6 Å². The van der Waals surface area contributed by atoms with Crippen LogP contribution in [0.25, 0.3) is 0 Å². The summed E-state index contributed by atoms with van der Waals surface area (Å²) in [6.07, 6.45) is -4.50. The first-order valence-electron chi connectivity index (χ1n) is 8.49. The summed E-state index contributed by atoms with van der Waals surface area (Å²) in [7, 11) is 1.36. The van der Waals surface area contributed by atoms with E-state index in [9.17, 15) is 23.1 Å². The van der Waals surface area contributed by atoms with Crippen LogP contribution in [-0.2, 0) is 17.5 Å². The van der Waals surface area contributed by atoms with Gasteiger partial charge in [0, 0.05) is 17.7 Å². The molecule has 9 heteroatoms. The summed E-state index contributed by atoms with van der Waals surface area (Å²) >= 11 is 5.93. The molecule has 2 aromatic rings. The highest BCUT2D eigenvalue weighted by Gasteiger charge is 2.31. The average Bonchev–Trinajstić information content (AvgIpc) is 2.60. The molecule has 5 nitrogen and oxygen atoms in total. The lowest BCUT2D eigenvalue weighted by atomic mass is 10.0. The van der Waals surface area contributed by atoms with Crippen molar-refractivity contribution < 1.29 is 27.8 Å². The van der Waals surface area contributed by atoms with Gasteiger partial charge in [0.25, 0.3) is 5.91 Å². The molecule has 0 radical (unpaired) electrons. The Morgan fingerprint density at radius 3 is 2.45 bits per heavy atom. The molecule has 1 amide bonds. The standard InChI is InChI=1S/C20H20ClF3N2O3/c1-10-5-14(20(22,23)24)7-13(9-29-4)17(10)25-12(3)26-19(28)16-8-15(21)6-11(2)18(16)27/h5-8,27H,9H2,1-4H3,(H,25,26,28). The minimum atomic E-state index is -4.50. The molecule has 2 rings (SSSR count). The molecule has 0 saturated heterocycles. The monoisotopic (exact) mass is 428 g/mol. The molecule has 0 unspecified atom stereocenters. The summed E-state index contributed by atoms with van der Waals surface area (Å²) in [5, 5.41) is 12.9. The number of amides is 1. The zero-order valence-corrected chi connectivity index (χ0v) is 17.0. The number of halogens is 4. The van der Waals surface area contributed by atoms with Gasteiger partial charge in [0.1, 0.15) is 11.6 Å². The number of rotatable bonds is 4. The highest BCUT2D eigenvalue weighted by Crippen LogP contribution is 2.35. The number of methoxy groups -OCH3 is 1. The van der Waals surface area contributed by atoms with Crippen molar-refractivity contribution in [2.45, 2.75) is 33.6 Å². The summed E-state index contributed by atoms with van der Waals surface area (Å²) in [5.74, 6) is -0.732. The van der Waals surface area contributed by atoms with E-state index in [1.165, 1.54) is 33.1 Å². The van der Waals surface area contributed by atoms with Crippen LogP contribution in [0.4, 0.5) is 18.9 Å². The molecule has 0 spiro atoms. The molecular weight excluding hydrogens is 409 g/mol. The molecule has 0 bridgehead atoms. The van der Waals surface area contributed by atoms with E-state index < -0.39 is 17.6 Å². The summed E-state index contributed by atoms with van der Waals surface area (Å²) in [4.78, 5) is 16.7. The topological polar surface area (TPSA) is 70.9 Å². The number of aryl methyl sites for hydroxylation is 2. The third kappa shape index (κ3) is 5.48. The van der Waals surface area contributed by atoms with E-state index in [2.05, 4.69) is 10.3 Å². The van der Waals surface area contributed by atoms with Crippen LogP contribution in [-0.4, -0.2) is 24.0 Å². The van der Waals surface area contributed by atoms with E-state index in [4.69, 9.17) is 16.3 Å². The highest BCUT2D eigenvalue weighted by atomic mass is 35.5. The second kappa shape index (κ2) is 8.84. The van der Waals surface area contributed by atoms with Crippen LogP contribution in [0.2, 0.25) is 5.02 Å². The molecule has 2 aromatic carbocycles. The Morgan fingerprint density at radius 1 is 1.21 bits per heavy atom. The van der Waals surface area contributed by atoms with Crippen molar-refractivity contribution in [3.05, 3.63) is 57.1 Å². The van der Waals surface area contributed by atoms with Gasteiger partial charge in [-0.3, -0.25) is 4.79 Å². The number of nitrogens with zero attached hydrogens (tertiary/aromatic N) is 1. The van der Waals surface area contributed by atoms with E-state index in [0.29, 0.717) is 5.56 Å². The fraction of sp³-hybridized carbons (Fsp3) is 0.300. The maximum Gasteiger partial charge on any atom is 0.416 e. The number of nitrogens with one attached hydrogen (secondary N) is 1. The van der Waals surface area contributed by atoms with Gasteiger partial charge in [-0.05, 0) is 56.2 Å². The first-order valence-corrected chi connectivity index (χ1v) is 8.87. The minimum absolute atomic E-state index is 0.0363. The van der Waals surface area contributed by atoms with Crippen LogP contribution in [0.3, 0.4) is 0 Å². The van der Waals surface area contributed by atoms with Gasteiger partial charge in [-0.25, -0.2) is 4.99 Å². The van der Waals surface area contributed by atoms with Crippen molar-refractivity contribution in [1.29, 1.82) is 0 Å². The van der Waals surface area contributed by atoms with Gasteiger partial charge < -0.3 is 15.2 Å². The molecule has 0 aromatic heterocycles. The number of alkyl halides is 3. The average molecular weight is 429 g/mol. The second-order valence-electron chi connectivity index (χ2n) is 6.50. The van der Waals surface area contributed by atoms with E-state index in [0.717, 1.165) is 12.1 Å². The van der Waals surface area contributed by atoms with Gasteiger partial charge >= 0.3 is 6.18 Å². The minimum Gasteiger partial charge on any atom is -0.507 e. The SMILES string of the molecule is COCc1cc(C(F)(F)F)cc(C)c1N=C(C)NC(=O)c1cc(Cl)cc(C)c1O. The molecule has 0 heterocycles.